The lowest BCUT2D eigenvalue weighted by Gasteiger charge is -2.08. The minimum Gasteiger partial charge on any atom is -0.244 e. The summed E-state index contributed by atoms with van der Waals surface area (Å²) >= 11 is 0. The summed E-state index contributed by atoms with van der Waals surface area (Å²) in [5.74, 6) is 5.28. The Morgan fingerprint density at radius 3 is 1.19 bits per heavy atom. The Labute approximate surface area is 368 Å². The molecule has 0 aromatic carbocycles. The monoisotopic (exact) mass is 833 g/mol. The number of rotatable bonds is 9. The van der Waals surface area contributed by atoms with Gasteiger partial charge in [0.2, 0.25) is 0 Å². The Morgan fingerprint density at radius 2 is 1.07 bits per heavy atom. The van der Waals surface area contributed by atoms with E-state index in [4.69, 9.17) is 0 Å². The number of allylic oxidation sites excluding steroid dienone is 3. The molecule has 8 saturated carbocycles. The van der Waals surface area contributed by atoms with Crippen LogP contribution in [0.3, 0.4) is 0 Å². The minimum atomic E-state index is -2.30. The fraction of sp³-hybridized carbons (Fsp3) is 0.929. The highest BCUT2D eigenvalue weighted by molar-refractivity contribution is 5.05. The summed E-state index contributed by atoms with van der Waals surface area (Å²) in [6.07, 6.45) is 27.2. The van der Waals surface area contributed by atoms with Gasteiger partial charge in [0, 0.05) is 12.3 Å². The molecule has 9 aliphatic carbocycles. The highest BCUT2D eigenvalue weighted by Gasteiger charge is 2.56. The number of alkyl halides is 3. The van der Waals surface area contributed by atoms with Crippen LogP contribution in [0.2, 0.25) is 0 Å². The first-order chi connectivity index (χ1) is 26.8. The van der Waals surface area contributed by atoms with Crippen LogP contribution in [0.4, 0.5) is 13.2 Å². The molecule has 3 heteroatoms. The summed E-state index contributed by atoms with van der Waals surface area (Å²) in [6.45, 7) is 44.3. The maximum absolute atomic E-state index is 12.8. The van der Waals surface area contributed by atoms with E-state index in [1.165, 1.54) is 77.0 Å². The number of hydrogen-bond donors (Lipinski definition) is 0. The summed E-state index contributed by atoms with van der Waals surface area (Å²) in [5, 5.41) is 0. The molecule has 0 amide bonds. The van der Waals surface area contributed by atoms with Crippen LogP contribution in [-0.4, -0.2) is 11.6 Å². The highest BCUT2D eigenvalue weighted by Crippen LogP contribution is 2.62. The maximum Gasteiger partial charge on any atom is 0.251 e. The van der Waals surface area contributed by atoms with Crippen molar-refractivity contribution in [2.75, 3.05) is 0 Å². The summed E-state index contributed by atoms with van der Waals surface area (Å²) in [5.41, 5.74) is 2.80. The maximum atomic E-state index is 12.8. The van der Waals surface area contributed by atoms with Gasteiger partial charge in [0.1, 0.15) is 5.67 Å². The van der Waals surface area contributed by atoms with E-state index in [0.717, 1.165) is 76.9 Å². The van der Waals surface area contributed by atoms with Gasteiger partial charge in [0.25, 0.3) is 5.92 Å². The van der Waals surface area contributed by atoms with Crippen LogP contribution in [0.15, 0.2) is 24.8 Å². The molecule has 348 valence electrons. The normalized spacial score (nSPS) is 32.5. The first-order valence-electron chi connectivity index (χ1n) is 25.2. The van der Waals surface area contributed by atoms with Crippen LogP contribution >= 0.6 is 0 Å². The second-order valence-corrected chi connectivity index (χ2v) is 26.2. The van der Waals surface area contributed by atoms with Gasteiger partial charge in [-0.2, -0.15) is 0 Å². The first-order valence-corrected chi connectivity index (χ1v) is 25.2. The largest absolute Gasteiger partial charge is 0.251 e. The van der Waals surface area contributed by atoms with Gasteiger partial charge in [-0.25, -0.2) is 13.2 Å². The van der Waals surface area contributed by atoms with Gasteiger partial charge in [-0.05, 0) is 177 Å². The molecule has 6 unspecified atom stereocenters. The number of halogens is 3. The minimum absolute atomic E-state index is 0.130. The average Bonchev–Trinajstić information content (AvgIpc) is 3.79. The van der Waals surface area contributed by atoms with Crippen molar-refractivity contribution in [3.05, 3.63) is 24.8 Å². The third-order valence-corrected chi connectivity index (χ3v) is 15.3. The quantitative estimate of drug-likeness (QED) is 0.203. The van der Waals surface area contributed by atoms with Crippen molar-refractivity contribution in [1.29, 1.82) is 0 Å². The van der Waals surface area contributed by atoms with Crippen LogP contribution in [0.1, 0.15) is 234 Å². The smallest absolute Gasteiger partial charge is 0.244 e. The molecule has 8 fully saturated rings. The molecule has 0 aromatic rings. The molecule has 0 saturated heterocycles. The fourth-order valence-corrected chi connectivity index (χ4v) is 8.64. The van der Waals surface area contributed by atoms with E-state index >= 15 is 0 Å². The lowest BCUT2D eigenvalue weighted by molar-refractivity contribution is 0.0941. The molecule has 0 spiro atoms. The topological polar surface area (TPSA) is 0 Å². The average molecular weight is 833 g/mol. The van der Waals surface area contributed by atoms with Crippen molar-refractivity contribution >= 4 is 0 Å². The Bertz CT molecular complexity index is 1250. The van der Waals surface area contributed by atoms with Gasteiger partial charge in [-0.1, -0.05) is 149 Å². The van der Waals surface area contributed by atoms with Gasteiger partial charge in [-0.15, -0.1) is 6.58 Å². The van der Waals surface area contributed by atoms with Crippen molar-refractivity contribution in [1.82, 2.24) is 0 Å². The zero-order chi connectivity index (χ0) is 45.4. The highest BCUT2D eigenvalue weighted by atomic mass is 19.3. The van der Waals surface area contributed by atoms with E-state index in [0.29, 0.717) is 29.1 Å². The van der Waals surface area contributed by atoms with E-state index in [9.17, 15) is 13.2 Å². The third-order valence-electron chi connectivity index (χ3n) is 15.3. The van der Waals surface area contributed by atoms with Crippen molar-refractivity contribution in [3.8, 4) is 0 Å². The molecule has 0 heterocycles. The van der Waals surface area contributed by atoms with Gasteiger partial charge >= 0.3 is 0 Å². The molecule has 0 bridgehead atoms. The molecular formula is C56H103F3. The SMILES string of the molecule is C=CC1CC1(C)C.CC(C)CC1(F)CC1.CC(C)CC1C=CCC1.CC(C)CC1CC1(F)F.CC1(C)CC1.CC1(C)CC1C1CC1.CC1CC1(C)C.CCC1CC1(C)C. The van der Waals surface area contributed by atoms with Crippen molar-refractivity contribution in [3.63, 3.8) is 0 Å². The van der Waals surface area contributed by atoms with Crippen molar-refractivity contribution < 1.29 is 13.2 Å². The Balaban J connectivity index is 0.000000234. The molecule has 59 heavy (non-hydrogen) atoms. The predicted molar refractivity (Wildman–Crippen MR) is 256 cm³/mol. The van der Waals surface area contributed by atoms with Gasteiger partial charge in [0.15, 0.2) is 0 Å². The van der Waals surface area contributed by atoms with Crippen LogP contribution in [0.25, 0.3) is 0 Å². The van der Waals surface area contributed by atoms with E-state index in [2.05, 4.69) is 136 Å². The van der Waals surface area contributed by atoms with Crippen molar-refractivity contribution in [2.45, 2.75) is 245 Å². The summed E-state index contributed by atoms with van der Waals surface area (Å²) in [7, 11) is 0. The molecule has 0 aliphatic heterocycles. The van der Waals surface area contributed by atoms with Crippen LogP contribution in [-0.2, 0) is 0 Å². The predicted octanol–water partition coefficient (Wildman–Crippen LogP) is 19.2. The lowest BCUT2D eigenvalue weighted by atomic mass is 9.97. The van der Waals surface area contributed by atoms with Crippen molar-refractivity contribution in [2.24, 2.45) is 86.3 Å². The summed E-state index contributed by atoms with van der Waals surface area (Å²) in [4.78, 5) is 0. The molecule has 9 rings (SSSR count). The molecule has 6 atom stereocenters. The molecule has 0 N–H and O–H groups in total. The number of hydrogen-bond acceptors (Lipinski definition) is 0. The summed E-state index contributed by atoms with van der Waals surface area (Å²) < 4.78 is 37.1. The zero-order valence-corrected chi connectivity index (χ0v) is 42.9. The van der Waals surface area contributed by atoms with Crippen LogP contribution in [0, 0.1) is 86.3 Å². The van der Waals surface area contributed by atoms with E-state index < -0.39 is 11.6 Å². The second-order valence-electron chi connectivity index (χ2n) is 26.2. The van der Waals surface area contributed by atoms with E-state index in [-0.39, 0.29) is 12.3 Å². The van der Waals surface area contributed by atoms with E-state index in [1.54, 1.807) is 0 Å². The fourth-order valence-electron chi connectivity index (χ4n) is 8.64. The Morgan fingerprint density at radius 1 is 0.627 bits per heavy atom. The molecule has 0 radical (unpaired) electrons. The van der Waals surface area contributed by atoms with Gasteiger partial charge < -0.3 is 0 Å². The summed E-state index contributed by atoms with van der Waals surface area (Å²) in [6, 6.07) is 0. The van der Waals surface area contributed by atoms with Crippen LogP contribution < -0.4 is 0 Å². The molecule has 0 aromatic heterocycles. The molecule has 0 nitrogen and oxygen atoms in total. The standard InChI is InChI=1S/C9H16.C8H14.C7H12F2.C7H13F.C7H14.C7H12.C6H12.C5H10/c1-8(2)7-9-5-3-4-6-9;1-8(2)5-7(8)6-3-4-6;1-5(2)3-6-4-7(6,8)9;1-6(2)5-7(8)3-4-7;2*1-4-6-5-7(6,2)3;1-5-4-6(5,2)3;1-5(2)3-4-5/h3,5,8-9H,4,6-7H2,1-2H3;6-7H,3-5H2,1-2H3;5-6H,3-4H2,1-2H3;6H,3-5H2,1-2H3;6H,4-5H2,1-3H3;4,6H,1,5H2,2-3H3;5H,4H2,1-3H3;3-4H2,1-2H3. The zero-order valence-electron chi connectivity index (χ0n) is 42.9. The molecule has 9 aliphatic rings. The van der Waals surface area contributed by atoms with Gasteiger partial charge in [0.05, 0.1) is 0 Å². The Kier molecular flexibility index (Phi) is 20.1. The Hall–Kier alpha value is -0.730. The van der Waals surface area contributed by atoms with E-state index in [1.807, 2.05) is 13.8 Å². The van der Waals surface area contributed by atoms with Crippen LogP contribution in [0.5, 0.6) is 0 Å². The molecular weight excluding hydrogens is 730 g/mol. The first kappa shape index (κ1) is 54.4. The second kappa shape index (κ2) is 21.8. The lowest BCUT2D eigenvalue weighted by Crippen LogP contribution is -2.03. The van der Waals surface area contributed by atoms with Gasteiger partial charge in [-0.3, -0.25) is 0 Å². The third kappa shape index (κ3) is 24.1.